The Morgan fingerprint density at radius 2 is 1.91 bits per heavy atom. The minimum absolute atomic E-state index is 0.0157. The third-order valence-corrected chi connectivity index (χ3v) is 8.56. The van der Waals surface area contributed by atoms with Crippen LogP contribution in [0.5, 0.6) is 0 Å². The van der Waals surface area contributed by atoms with Crippen molar-refractivity contribution in [3.63, 3.8) is 0 Å². The van der Waals surface area contributed by atoms with Gasteiger partial charge in [0.25, 0.3) is 11.5 Å². The van der Waals surface area contributed by atoms with E-state index in [-0.39, 0.29) is 30.0 Å². The predicted molar refractivity (Wildman–Crippen MR) is 135 cm³/mol. The first-order chi connectivity index (χ1) is 16.3. The van der Waals surface area contributed by atoms with Crippen LogP contribution < -0.4 is 10.9 Å². The highest BCUT2D eigenvalue weighted by atomic mass is 32.1. The highest BCUT2D eigenvalue weighted by Crippen LogP contribution is 2.27. The first-order valence-corrected chi connectivity index (χ1v) is 13.5. The molecule has 0 aliphatic carbocycles. The second-order valence-corrected chi connectivity index (χ2v) is 11.0. The minimum Gasteiger partial charge on any atom is -0.351 e. The fourth-order valence-corrected chi connectivity index (χ4v) is 6.12. The smallest absolute Gasteiger partial charge is 0.262 e. The van der Waals surface area contributed by atoms with Crippen LogP contribution in [0.4, 0.5) is 0 Å². The van der Waals surface area contributed by atoms with Crippen molar-refractivity contribution in [1.82, 2.24) is 24.7 Å². The van der Waals surface area contributed by atoms with Gasteiger partial charge in [0.15, 0.2) is 0 Å². The number of aryl methyl sites for hydroxylation is 1. The largest absolute Gasteiger partial charge is 0.351 e. The third-order valence-electron chi connectivity index (χ3n) is 7.37. The standard InChI is InChI=1S/C25H37N5O3S/c1-17-8-13-28(14-9-17)11-6-10-26-23(32)22-19(3)21-24(34-22)27-16-29(25(21)33)15-20(31)30-12-5-4-7-18(30)2/h16-18H,4-15H2,1-3H3,(H,26,32). The van der Waals surface area contributed by atoms with Crippen LogP contribution in [-0.4, -0.2) is 69.9 Å². The molecule has 2 aliphatic heterocycles. The molecule has 34 heavy (non-hydrogen) atoms. The van der Waals surface area contributed by atoms with Gasteiger partial charge in [-0.3, -0.25) is 19.0 Å². The molecule has 2 aliphatic rings. The van der Waals surface area contributed by atoms with Crippen LogP contribution in [0.25, 0.3) is 10.2 Å². The Bertz CT molecular complexity index is 1090. The normalized spacial score (nSPS) is 20.1. The maximum absolute atomic E-state index is 13.2. The molecule has 2 aromatic heterocycles. The molecule has 1 atom stereocenters. The van der Waals surface area contributed by atoms with E-state index < -0.39 is 0 Å². The number of carbonyl (C=O) groups excluding carboxylic acids is 2. The lowest BCUT2D eigenvalue weighted by atomic mass is 9.99. The molecule has 2 aromatic rings. The molecule has 2 fully saturated rings. The number of fused-ring (bicyclic) bond motifs is 1. The molecule has 0 saturated carbocycles. The van der Waals surface area contributed by atoms with Crippen molar-refractivity contribution in [1.29, 1.82) is 0 Å². The number of hydrogen-bond donors (Lipinski definition) is 1. The molecule has 186 valence electrons. The number of piperidine rings is 2. The van der Waals surface area contributed by atoms with Crippen molar-refractivity contribution in [2.24, 2.45) is 5.92 Å². The van der Waals surface area contributed by atoms with Crippen molar-refractivity contribution < 1.29 is 9.59 Å². The summed E-state index contributed by atoms with van der Waals surface area (Å²) in [7, 11) is 0. The molecule has 0 radical (unpaired) electrons. The van der Waals surface area contributed by atoms with Gasteiger partial charge in [0.2, 0.25) is 5.91 Å². The highest BCUT2D eigenvalue weighted by Gasteiger charge is 2.25. The summed E-state index contributed by atoms with van der Waals surface area (Å²) in [6.07, 6.45) is 7.98. The first-order valence-electron chi connectivity index (χ1n) is 12.6. The van der Waals surface area contributed by atoms with E-state index in [0.717, 1.165) is 57.8 Å². The number of rotatable bonds is 7. The Morgan fingerprint density at radius 3 is 2.65 bits per heavy atom. The maximum Gasteiger partial charge on any atom is 0.262 e. The van der Waals surface area contributed by atoms with Gasteiger partial charge in [-0.2, -0.15) is 0 Å². The van der Waals surface area contributed by atoms with Crippen LogP contribution in [0.1, 0.15) is 67.6 Å². The number of amides is 2. The van der Waals surface area contributed by atoms with E-state index in [9.17, 15) is 14.4 Å². The quantitative estimate of drug-likeness (QED) is 0.607. The van der Waals surface area contributed by atoms with Crippen LogP contribution >= 0.6 is 11.3 Å². The van der Waals surface area contributed by atoms with Crippen LogP contribution in [0, 0.1) is 12.8 Å². The summed E-state index contributed by atoms with van der Waals surface area (Å²) >= 11 is 1.25. The summed E-state index contributed by atoms with van der Waals surface area (Å²) in [5.41, 5.74) is 0.392. The minimum atomic E-state index is -0.255. The molecular weight excluding hydrogens is 450 g/mol. The molecule has 9 heteroatoms. The Morgan fingerprint density at radius 1 is 1.15 bits per heavy atom. The maximum atomic E-state index is 13.2. The van der Waals surface area contributed by atoms with Crippen molar-refractivity contribution in [2.45, 2.75) is 71.9 Å². The Labute approximate surface area is 205 Å². The average molecular weight is 488 g/mol. The van der Waals surface area contributed by atoms with E-state index >= 15 is 0 Å². The lowest BCUT2D eigenvalue weighted by molar-refractivity contribution is -0.135. The molecule has 8 nitrogen and oxygen atoms in total. The molecule has 2 saturated heterocycles. The Balaban J connectivity index is 1.38. The molecule has 1 unspecified atom stereocenters. The number of nitrogens with one attached hydrogen (secondary N) is 1. The topological polar surface area (TPSA) is 87.5 Å². The zero-order valence-electron chi connectivity index (χ0n) is 20.6. The predicted octanol–water partition coefficient (Wildman–Crippen LogP) is 3.02. The van der Waals surface area contributed by atoms with Gasteiger partial charge in [0, 0.05) is 19.1 Å². The fourth-order valence-electron chi connectivity index (χ4n) is 5.06. The van der Waals surface area contributed by atoms with Crippen molar-refractivity contribution >= 4 is 33.4 Å². The average Bonchev–Trinajstić information content (AvgIpc) is 3.17. The zero-order chi connectivity index (χ0) is 24.2. The van der Waals surface area contributed by atoms with Gasteiger partial charge < -0.3 is 15.1 Å². The van der Waals surface area contributed by atoms with Crippen LogP contribution in [0.3, 0.4) is 0 Å². The van der Waals surface area contributed by atoms with Crippen LogP contribution in [0.15, 0.2) is 11.1 Å². The zero-order valence-corrected chi connectivity index (χ0v) is 21.5. The van der Waals surface area contributed by atoms with Gasteiger partial charge in [-0.1, -0.05) is 6.92 Å². The SMILES string of the molecule is Cc1c(C(=O)NCCCN2CCC(C)CC2)sc2ncn(CC(=O)N3CCCCC3C)c(=O)c12. The van der Waals surface area contributed by atoms with Crippen LogP contribution in [0.2, 0.25) is 0 Å². The van der Waals surface area contributed by atoms with E-state index in [0.29, 0.717) is 27.2 Å². The third kappa shape index (κ3) is 5.51. The van der Waals surface area contributed by atoms with E-state index in [1.807, 2.05) is 4.90 Å². The van der Waals surface area contributed by atoms with Crippen molar-refractivity contribution in [2.75, 3.05) is 32.7 Å². The number of nitrogens with zero attached hydrogens (tertiary/aromatic N) is 4. The van der Waals surface area contributed by atoms with Gasteiger partial charge in [-0.15, -0.1) is 11.3 Å². The Kier molecular flexibility index (Phi) is 8.03. The second kappa shape index (κ2) is 11.0. The van der Waals surface area contributed by atoms with E-state index in [1.54, 1.807) is 6.92 Å². The van der Waals surface area contributed by atoms with Crippen LogP contribution in [-0.2, 0) is 11.3 Å². The number of carbonyl (C=O) groups is 2. The van der Waals surface area contributed by atoms with Gasteiger partial charge in [-0.05, 0) is 83.5 Å². The van der Waals surface area contributed by atoms with Gasteiger partial charge in [0.05, 0.1) is 16.6 Å². The second-order valence-electron chi connectivity index (χ2n) is 9.98. The molecule has 1 N–H and O–H groups in total. The van der Waals surface area contributed by atoms with Crippen molar-refractivity contribution in [3.05, 3.63) is 27.1 Å². The molecule has 4 heterocycles. The van der Waals surface area contributed by atoms with E-state index in [4.69, 9.17) is 0 Å². The lowest BCUT2D eigenvalue weighted by Gasteiger charge is -2.33. The van der Waals surface area contributed by atoms with Crippen molar-refractivity contribution in [3.8, 4) is 0 Å². The molecule has 0 spiro atoms. The number of thiophene rings is 1. The lowest BCUT2D eigenvalue weighted by Crippen LogP contribution is -2.44. The molecule has 0 aromatic carbocycles. The summed E-state index contributed by atoms with van der Waals surface area (Å²) in [6, 6.07) is 0.199. The molecule has 2 amide bonds. The van der Waals surface area contributed by atoms with Gasteiger partial charge in [-0.25, -0.2) is 4.98 Å². The monoisotopic (exact) mass is 487 g/mol. The summed E-state index contributed by atoms with van der Waals surface area (Å²) < 4.78 is 1.38. The first kappa shape index (κ1) is 24.9. The summed E-state index contributed by atoms with van der Waals surface area (Å²) in [5, 5.41) is 3.45. The van der Waals surface area contributed by atoms with E-state index in [2.05, 4.69) is 29.0 Å². The number of aromatic nitrogens is 2. The summed E-state index contributed by atoms with van der Waals surface area (Å²) in [6.45, 7) is 10.8. The molecule has 0 bridgehead atoms. The summed E-state index contributed by atoms with van der Waals surface area (Å²) in [4.78, 5) is 48.6. The van der Waals surface area contributed by atoms with Gasteiger partial charge >= 0.3 is 0 Å². The number of hydrogen-bond acceptors (Lipinski definition) is 6. The molecule has 4 rings (SSSR count). The Hall–Kier alpha value is -2.26. The summed E-state index contributed by atoms with van der Waals surface area (Å²) in [5.74, 6) is 0.609. The highest BCUT2D eigenvalue weighted by molar-refractivity contribution is 7.20. The van der Waals surface area contributed by atoms with E-state index in [1.165, 1.54) is 35.1 Å². The fraction of sp³-hybridized carbons (Fsp3) is 0.680. The molecular formula is C25H37N5O3S. The van der Waals surface area contributed by atoms with Gasteiger partial charge in [0.1, 0.15) is 11.4 Å². The number of likely N-dealkylation sites (tertiary alicyclic amines) is 2.